The summed E-state index contributed by atoms with van der Waals surface area (Å²) in [6.07, 6.45) is 3.73. The Morgan fingerprint density at radius 3 is 2.89 bits per heavy atom. The van der Waals surface area contributed by atoms with Crippen LogP contribution < -0.4 is 4.74 Å². The highest BCUT2D eigenvalue weighted by Crippen LogP contribution is 2.78. The third-order valence-electron chi connectivity index (χ3n) is 8.77. The van der Waals surface area contributed by atoms with E-state index >= 15 is 0 Å². The number of aliphatic hydroxyl groups is 2. The van der Waals surface area contributed by atoms with Crippen LogP contribution in [0, 0.1) is 11.3 Å². The van der Waals surface area contributed by atoms with E-state index in [0.29, 0.717) is 12.2 Å². The van der Waals surface area contributed by atoms with E-state index in [1.807, 2.05) is 6.07 Å². The summed E-state index contributed by atoms with van der Waals surface area (Å²) in [5.41, 5.74) is 0.850. The lowest BCUT2D eigenvalue weighted by Crippen LogP contribution is -2.72. The Bertz CT molecular complexity index is 925. The van der Waals surface area contributed by atoms with Crippen molar-refractivity contribution in [1.82, 2.24) is 4.90 Å². The number of ether oxygens (including phenoxy) is 1. The molecule has 6 aliphatic rings. The van der Waals surface area contributed by atoms with Crippen molar-refractivity contribution in [3.63, 3.8) is 0 Å². The zero-order valence-electron chi connectivity index (χ0n) is 15.3. The van der Waals surface area contributed by atoms with Crippen LogP contribution in [0.4, 0.5) is 0 Å². The van der Waals surface area contributed by atoms with E-state index in [-0.39, 0.29) is 23.3 Å². The lowest BCUT2D eigenvalue weighted by Gasteiger charge is -2.59. The summed E-state index contributed by atoms with van der Waals surface area (Å²) in [7, 11) is 0. The highest BCUT2D eigenvalue weighted by Gasteiger charge is 2.84. The molecule has 4 fully saturated rings. The molecule has 0 radical (unpaired) electrons. The summed E-state index contributed by atoms with van der Waals surface area (Å²) in [5, 5.41) is 34.2. The van der Waals surface area contributed by atoms with Gasteiger partial charge in [-0.2, -0.15) is 0 Å². The van der Waals surface area contributed by atoms with Gasteiger partial charge in [0.1, 0.15) is 6.10 Å². The fourth-order valence-corrected chi connectivity index (χ4v) is 7.74. The molecule has 2 heterocycles. The van der Waals surface area contributed by atoms with Crippen LogP contribution in [0.3, 0.4) is 0 Å². The molecule has 3 N–H and O–H groups in total. The van der Waals surface area contributed by atoms with Gasteiger partial charge >= 0.3 is 0 Å². The minimum absolute atomic E-state index is 0.0414. The first-order valence-electron chi connectivity index (χ1n) is 10.3. The van der Waals surface area contributed by atoms with Crippen molar-refractivity contribution < 1.29 is 20.1 Å². The van der Waals surface area contributed by atoms with Crippen molar-refractivity contribution in [2.45, 2.75) is 61.4 Å². The number of nitrogens with zero attached hydrogens (tertiary/aromatic N) is 1. The van der Waals surface area contributed by atoms with Gasteiger partial charge in [0.25, 0.3) is 0 Å². The van der Waals surface area contributed by atoms with E-state index in [1.165, 1.54) is 12.8 Å². The third-order valence-corrected chi connectivity index (χ3v) is 8.77. The average Bonchev–Trinajstić information content (AvgIpc) is 3.33. The van der Waals surface area contributed by atoms with Crippen LogP contribution in [0.15, 0.2) is 24.3 Å². The minimum atomic E-state index is -0.947. The number of likely N-dealkylation sites (tertiary alicyclic amines) is 1. The Kier molecular flexibility index (Phi) is 2.40. The number of hydrogen-bond donors (Lipinski definition) is 3. The quantitative estimate of drug-likeness (QED) is 0.698. The van der Waals surface area contributed by atoms with Crippen LogP contribution in [0.5, 0.6) is 11.5 Å². The number of phenolic OH excluding ortho intramolecular Hbond substituents is 1. The lowest BCUT2D eigenvalue weighted by molar-refractivity contribution is -0.188. The summed E-state index contributed by atoms with van der Waals surface area (Å²) >= 11 is 0. The van der Waals surface area contributed by atoms with Gasteiger partial charge in [-0.3, -0.25) is 4.90 Å². The monoisotopic (exact) mass is 367 g/mol. The number of benzene rings is 1. The summed E-state index contributed by atoms with van der Waals surface area (Å²) < 4.78 is 6.29. The van der Waals surface area contributed by atoms with Crippen molar-refractivity contribution in [3.05, 3.63) is 35.4 Å². The van der Waals surface area contributed by atoms with Crippen LogP contribution >= 0.6 is 0 Å². The Morgan fingerprint density at radius 1 is 1.30 bits per heavy atom. The van der Waals surface area contributed by atoms with Crippen molar-refractivity contribution in [2.75, 3.05) is 13.1 Å². The summed E-state index contributed by atoms with van der Waals surface area (Å²) in [4.78, 5) is 2.44. The molecule has 27 heavy (non-hydrogen) atoms. The summed E-state index contributed by atoms with van der Waals surface area (Å²) in [6.45, 7) is 6.14. The average molecular weight is 367 g/mol. The Morgan fingerprint density at radius 2 is 2.11 bits per heavy atom. The molecule has 0 aromatic heterocycles. The van der Waals surface area contributed by atoms with Crippen LogP contribution in [0.2, 0.25) is 0 Å². The number of fused-ring (bicyclic) bond motifs is 1. The van der Waals surface area contributed by atoms with E-state index in [2.05, 4.69) is 11.5 Å². The van der Waals surface area contributed by atoms with E-state index in [9.17, 15) is 15.3 Å². The van der Waals surface area contributed by atoms with Gasteiger partial charge in [0.05, 0.1) is 17.1 Å². The molecule has 5 nitrogen and oxygen atoms in total. The molecule has 5 heteroatoms. The maximum absolute atomic E-state index is 12.3. The van der Waals surface area contributed by atoms with Gasteiger partial charge in [0.15, 0.2) is 11.5 Å². The van der Waals surface area contributed by atoms with E-state index in [1.54, 1.807) is 6.07 Å². The van der Waals surface area contributed by atoms with Crippen molar-refractivity contribution in [3.8, 4) is 11.5 Å². The maximum Gasteiger partial charge on any atom is 0.166 e. The summed E-state index contributed by atoms with van der Waals surface area (Å²) in [6, 6.07) is 3.43. The number of aliphatic hydroxyl groups excluding tert-OH is 1. The summed E-state index contributed by atoms with van der Waals surface area (Å²) in [5.74, 6) is 1.31. The van der Waals surface area contributed by atoms with Gasteiger partial charge in [-0.05, 0) is 55.2 Å². The zero-order valence-corrected chi connectivity index (χ0v) is 15.3. The van der Waals surface area contributed by atoms with Gasteiger partial charge in [-0.1, -0.05) is 12.6 Å². The first-order valence-corrected chi connectivity index (χ1v) is 10.3. The van der Waals surface area contributed by atoms with E-state index in [0.717, 1.165) is 48.5 Å². The lowest BCUT2D eigenvalue weighted by atomic mass is 9.56. The molecule has 4 aliphatic carbocycles. The second-order valence-corrected chi connectivity index (χ2v) is 10.0. The number of rotatable bonds is 2. The minimum Gasteiger partial charge on any atom is -0.504 e. The predicted octanol–water partition coefficient (Wildman–Crippen LogP) is 2.00. The van der Waals surface area contributed by atoms with Gasteiger partial charge in [-0.15, -0.1) is 0 Å². The van der Waals surface area contributed by atoms with Gasteiger partial charge in [0, 0.05) is 30.1 Å². The number of aromatic hydroxyl groups is 1. The maximum atomic E-state index is 12.3. The SMILES string of the molecule is C=C1CC[C@@]2(O)[C@@H]3N(CC4CC4)CC34C[C@@]23c2c(ccc(O)c2O[C@@H]13)[C@@H]4O. The Labute approximate surface area is 158 Å². The Hall–Kier alpha value is -1.56. The normalized spacial score (nSPS) is 48.7. The topological polar surface area (TPSA) is 73.2 Å². The standard InChI is InChI=1S/C22H25NO4/c1-11-6-7-22(26)19-20(10-23(19)8-12-2-3-12)9-21(22)15-13(17(20)25)4-5-14(24)16(15)27-18(11)21/h4-5,12,17-19,24-26H,1-3,6-10H2/t17-,18-,19+,20?,21-,22+/m0/s1. The molecule has 2 aliphatic heterocycles. The van der Waals surface area contributed by atoms with Crippen molar-refractivity contribution in [2.24, 2.45) is 11.3 Å². The molecule has 2 bridgehead atoms. The fraction of sp³-hybridized carbons (Fsp3) is 0.636. The van der Waals surface area contributed by atoms with Crippen LogP contribution in [0.1, 0.15) is 49.3 Å². The van der Waals surface area contributed by atoms with Gasteiger partial charge < -0.3 is 20.1 Å². The molecular weight excluding hydrogens is 342 g/mol. The van der Waals surface area contributed by atoms with Gasteiger partial charge in [-0.25, -0.2) is 0 Å². The highest BCUT2D eigenvalue weighted by atomic mass is 16.5. The van der Waals surface area contributed by atoms with Crippen molar-refractivity contribution in [1.29, 1.82) is 0 Å². The molecule has 3 saturated carbocycles. The van der Waals surface area contributed by atoms with E-state index in [4.69, 9.17) is 4.74 Å². The molecule has 142 valence electrons. The third kappa shape index (κ3) is 1.38. The first kappa shape index (κ1) is 15.4. The second kappa shape index (κ2) is 4.22. The largest absolute Gasteiger partial charge is 0.504 e. The van der Waals surface area contributed by atoms with Gasteiger partial charge in [0.2, 0.25) is 0 Å². The van der Waals surface area contributed by atoms with Crippen LogP contribution in [-0.4, -0.2) is 51.1 Å². The van der Waals surface area contributed by atoms with Crippen LogP contribution in [0.25, 0.3) is 0 Å². The second-order valence-electron chi connectivity index (χ2n) is 10.0. The molecule has 7 rings (SSSR count). The zero-order chi connectivity index (χ0) is 18.3. The van der Waals surface area contributed by atoms with Crippen molar-refractivity contribution >= 4 is 0 Å². The van der Waals surface area contributed by atoms with E-state index < -0.39 is 17.1 Å². The highest BCUT2D eigenvalue weighted by molar-refractivity contribution is 5.66. The molecule has 1 aromatic rings. The Balaban J connectivity index is 1.51. The fourth-order valence-electron chi connectivity index (χ4n) is 7.74. The molecule has 1 unspecified atom stereocenters. The molecule has 2 spiro atoms. The molecular formula is C22H25NO4. The molecule has 6 atom stereocenters. The molecule has 0 amide bonds. The van der Waals surface area contributed by atoms with Crippen LogP contribution in [-0.2, 0) is 5.41 Å². The predicted molar refractivity (Wildman–Crippen MR) is 97.6 cm³/mol. The first-order chi connectivity index (χ1) is 12.9. The molecule has 1 aromatic carbocycles. The smallest absolute Gasteiger partial charge is 0.166 e. The number of phenols is 1. The number of hydrogen-bond acceptors (Lipinski definition) is 5. The molecule has 1 saturated heterocycles.